The number of nitrogen functional groups attached to an aromatic ring is 1. The number of halogens is 4. The van der Waals surface area contributed by atoms with E-state index in [2.05, 4.69) is 0 Å². The van der Waals surface area contributed by atoms with Crippen molar-refractivity contribution in [1.29, 1.82) is 0 Å². The Labute approximate surface area is 119 Å². The number of nitrogens with two attached hydrogens (primary N) is 1. The Morgan fingerprint density at radius 3 is 2.24 bits per heavy atom. The average Bonchev–Trinajstić information content (AvgIpc) is 2.41. The van der Waals surface area contributed by atoms with Gasteiger partial charge >= 0.3 is 6.18 Å². The van der Waals surface area contributed by atoms with E-state index in [1.807, 2.05) is 0 Å². The molecule has 1 aliphatic heterocycles. The molecular weight excluding hydrogens is 312 g/mol. The first-order chi connectivity index (χ1) is 9.62. The van der Waals surface area contributed by atoms with Crippen molar-refractivity contribution in [3.05, 3.63) is 24.0 Å². The van der Waals surface area contributed by atoms with E-state index in [0.717, 1.165) is 22.5 Å². The normalized spacial score (nSPS) is 18.9. The Morgan fingerprint density at radius 2 is 1.76 bits per heavy atom. The molecule has 1 aromatic rings. The Bertz CT molecular complexity index is 623. The predicted octanol–water partition coefficient (Wildman–Crippen LogP) is 2.37. The summed E-state index contributed by atoms with van der Waals surface area (Å²) in [5.41, 5.74) is 5.08. The third kappa shape index (κ3) is 3.29. The van der Waals surface area contributed by atoms with Crippen LogP contribution < -0.4 is 5.73 Å². The lowest BCUT2D eigenvalue weighted by Gasteiger charge is -2.32. The summed E-state index contributed by atoms with van der Waals surface area (Å²) in [6.07, 6.45) is -4.90. The first kappa shape index (κ1) is 16.0. The number of nitrogens with zero attached hydrogens (tertiary/aromatic N) is 1. The van der Waals surface area contributed by atoms with Gasteiger partial charge in [0, 0.05) is 13.1 Å². The second-order valence-corrected chi connectivity index (χ2v) is 6.84. The molecule has 2 N–H and O–H groups in total. The molecule has 0 aliphatic carbocycles. The van der Waals surface area contributed by atoms with Gasteiger partial charge in [-0.3, -0.25) is 0 Å². The minimum absolute atomic E-state index is 0.190. The molecule has 1 heterocycles. The van der Waals surface area contributed by atoms with E-state index in [1.165, 1.54) is 0 Å². The van der Waals surface area contributed by atoms with Crippen molar-refractivity contribution in [2.45, 2.75) is 23.9 Å². The van der Waals surface area contributed by atoms with Crippen LogP contribution in [0.4, 0.5) is 23.2 Å². The van der Waals surface area contributed by atoms with Gasteiger partial charge in [0.05, 0.1) is 16.5 Å². The van der Waals surface area contributed by atoms with Crippen LogP contribution in [0.5, 0.6) is 0 Å². The van der Waals surface area contributed by atoms with Gasteiger partial charge in [0.1, 0.15) is 5.82 Å². The monoisotopic (exact) mass is 326 g/mol. The fraction of sp³-hybridized carbons (Fsp3) is 0.500. The number of hydrogen-bond acceptors (Lipinski definition) is 3. The molecule has 0 amide bonds. The van der Waals surface area contributed by atoms with Crippen LogP contribution in [0.1, 0.15) is 12.8 Å². The molecular formula is C12H14F4N2O2S. The van der Waals surface area contributed by atoms with Crippen LogP contribution in [0.15, 0.2) is 23.1 Å². The van der Waals surface area contributed by atoms with Gasteiger partial charge in [0.2, 0.25) is 10.0 Å². The summed E-state index contributed by atoms with van der Waals surface area (Å²) in [5.74, 6) is -2.37. The molecule has 9 heteroatoms. The fourth-order valence-electron chi connectivity index (χ4n) is 2.24. The van der Waals surface area contributed by atoms with Gasteiger partial charge in [-0.25, -0.2) is 12.8 Å². The summed E-state index contributed by atoms with van der Waals surface area (Å²) < 4.78 is 76.4. The Morgan fingerprint density at radius 1 is 1.19 bits per heavy atom. The average molecular weight is 326 g/mol. The number of rotatable bonds is 2. The van der Waals surface area contributed by atoms with Crippen LogP contribution in [0.2, 0.25) is 0 Å². The largest absolute Gasteiger partial charge is 0.396 e. The van der Waals surface area contributed by atoms with E-state index >= 15 is 0 Å². The Hall–Kier alpha value is -1.35. The third-order valence-corrected chi connectivity index (χ3v) is 5.42. The summed E-state index contributed by atoms with van der Waals surface area (Å²) in [4.78, 5) is -0.306. The van der Waals surface area contributed by atoms with Crippen molar-refractivity contribution in [1.82, 2.24) is 4.31 Å². The molecule has 21 heavy (non-hydrogen) atoms. The van der Waals surface area contributed by atoms with E-state index in [-0.39, 0.29) is 36.5 Å². The minimum Gasteiger partial charge on any atom is -0.396 e. The number of alkyl halides is 3. The first-order valence-electron chi connectivity index (χ1n) is 6.24. The lowest BCUT2D eigenvalue weighted by molar-refractivity contribution is -0.182. The highest BCUT2D eigenvalue weighted by molar-refractivity contribution is 7.89. The van der Waals surface area contributed by atoms with E-state index < -0.39 is 27.9 Å². The molecule has 0 aromatic heterocycles. The van der Waals surface area contributed by atoms with Gasteiger partial charge in [-0.15, -0.1) is 0 Å². The first-order valence-corrected chi connectivity index (χ1v) is 7.68. The number of anilines is 1. The maximum Gasteiger partial charge on any atom is 0.391 e. The van der Waals surface area contributed by atoms with Crippen LogP contribution in [-0.2, 0) is 10.0 Å². The van der Waals surface area contributed by atoms with E-state index in [9.17, 15) is 26.0 Å². The van der Waals surface area contributed by atoms with Crippen molar-refractivity contribution in [3.63, 3.8) is 0 Å². The number of benzene rings is 1. The van der Waals surface area contributed by atoms with Gasteiger partial charge in [0.25, 0.3) is 0 Å². The lowest BCUT2D eigenvalue weighted by Crippen LogP contribution is -2.42. The predicted molar refractivity (Wildman–Crippen MR) is 68.4 cm³/mol. The summed E-state index contributed by atoms with van der Waals surface area (Å²) in [5, 5.41) is 0. The van der Waals surface area contributed by atoms with Crippen LogP contribution in [-0.4, -0.2) is 32.0 Å². The van der Waals surface area contributed by atoms with Gasteiger partial charge in [0.15, 0.2) is 0 Å². The van der Waals surface area contributed by atoms with E-state index in [1.54, 1.807) is 0 Å². The van der Waals surface area contributed by atoms with Crippen molar-refractivity contribution >= 4 is 15.7 Å². The van der Waals surface area contributed by atoms with Crippen LogP contribution in [0, 0.1) is 11.7 Å². The quantitative estimate of drug-likeness (QED) is 0.670. The van der Waals surface area contributed by atoms with Crippen LogP contribution >= 0.6 is 0 Å². The van der Waals surface area contributed by atoms with Crippen molar-refractivity contribution in [2.24, 2.45) is 5.92 Å². The van der Waals surface area contributed by atoms with E-state index in [4.69, 9.17) is 5.73 Å². The molecule has 1 saturated heterocycles. The second kappa shape index (κ2) is 5.45. The SMILES string of the molecule is Nc1ccc(S(=O)(=O)N2CCC(C(F)(F)F)CC2)cc1F. The molecule has 0 radical (unpaired) electrons. The van der Waals surface area contributed by atoms with Gasteiger partial charge in [-0.2, -0.15) is 17.5 Å². The summed E-state index contributed by atoms with van der Waals surface area (Å²) >= 11 is 0. The Kier molecular flexibility index (Phi) is 4.16. The molecule has 0 spiro atoms. The van der Waals surface area contributed by atoms with Gasteiger partial charge < -0.3 is 5.73 Å². The summed E-state index contributed by atoms with van der Waals surface area (Å²) in [6, 6.07) is 3.04. The molecule has 4 nitrogen and oxygen atoms in total. The second-order valence-electron chi connectivity index (χ2n) is 4.90. The minimum atomic E-state index is -4.32. The highest BCUT2D eigenvalue weighted by atomic mass is 32.2. The maximum absolute atomic E-state index is 13.3. The van der Waals surface area contributed by atoms with Crippen LogP contribution in [0.3, 0.4) is 0 Å². The number of sulfonamides is 1. The van der Waals surface area contributed by atoms with Gasteiger partial charge in [-0.05, 0) is 31.0 Å². The zero-order valence-electron chi connectivity index (χ0n) is 10.9. The summed E-state index contributed by atoms with van der Waals surface area (Å²) in [6.45, 7) is -0.475. The molecule has 2 rings (SSSR count). The van der Waals surface area contributed by atoms with Crippen LogP contribution in [0.25, 0.3) is 0 Å². The zero-order valence-corrected chi connectivity index (χ0v) is 11.7. The molecule has 1 aliphatic rings. The lowest BCUT2D eigenvalue weighted by atomic mass is 9.98. The molecule has 0 bridgehead atoms. The number of piperidine rings is 1. The number of hydrogen-bond donors (Lipinski definition) is 1. The highest BCUT2D eigenvalue weighted by Crippen LogP contribution is 2.35. The summed E-state index contributed by atoms with van der Waals surface area (Å²) in [7, 11) is -4.00. The molecule has 0 atom stereocenters. The fourth-order valence-corrected chi connectivity index (χ4v) is 3.72. The molecule has 1 fully saturated rings. The van der Waals surface area contributed by atoms with Gasteiger partial charge in [-0.1, -0.05) is 0 Å². The standard InChI is InChI=1S/C12H14F4N2O2S/c13-10-7-9(1-2-11(10)17)21(19,20)18-5-3-8(4-6-18)12(14,15)16/h1-2,7-8H,3-6,17H2. The van der Waals surface area contributed by atoms with Crippen molar-refractivity contribution < 1.29 is 26.0 Å². The third-order valence-electron chi connectivity index (χ3n) is 3.53. The maximum atomic E-state index is 13.3. The molecule has 118 valence electrons. The Balaban J connectivity index is 2.17. The topological polar surface area (TPSA) is 63.4 Å². The highest BCUT2D eigenvalue weighted by Gasteiger charge is 2.43. The molecule has 0 unspecified atom stereocenters. The zero-order chi connectivity index (χ0) is 15.8. The molecule has 1 aromatic carbocycles. The molecule has 0 saturated carbocycles. The van der Waals surface area contributed by atoms with E-state index in [0.29, 0.717) is 0 Å². The van der Waals surface area contributed by atoms with Crippen molar-refractivity contribution in [3.8, 4) is 0 Å². The smallest absolute Gasteiger partial charge is 0.391 e. The van der Waals surface area contributed by atoms with Crippen molar-refractivity contribution in [2.75, 3.05) is 18.8 Å².